The van der Waals surface area contributed by atoms with Crippen LogP contribution in [-0.2, 0) is 32.7 Å². The number of phosphoric ester groups is 1. The average Bonchev–Trinajstić information content (AvgIpc) is 3.18. The predicted octanol–water partition coefficient (Wildman–Crippen LogP) is 8.11. The van der Waals surface area contributed by atoms with Crippen LogP contribution in [0.4, 0.5) is 0 Å². The summed E-state index contributed by atoms with van der Waals surface area (Å²) < 4.78 is 33.5. The zero-order valence-electron chi connectivity index (χ0n) is 34.9. The van der Waals surface area contributed by atoms with E-state index in [4.69, 9.17) is 18.5 Å². The number of aliphatic hydroxyl groups is 5. The number of aliphatic hydroxyl groups excluding tert-OH is 5. The highest BCUT2D eigenvalue weighted by molar-refractivity contribution is 7.47. The molecule has 0 heterocycles. The van der Waals surface area contributed by atoms with Crippen molar-refractivity contribution in [1.29, 1.82) is 0 Å². The van der Waals surface area contributed by atoms with E-state index in [1.807, 2.05) is 0 Å². The van der Waals surface area contributed by atoms with Crippen molar-refractivity contribution in [2.24, 2.45) is 0 Å². The summed E-state index contributed by atoms with van der Waals surface area (Å²) in [7, 11) is -5.10. The molecule has 6 unspecified atom stereocenters. The van der Waals surface area contributed by atoms with Gasteiger partial charge in [-0.05, 0) is 12.8 Å². The normalized spacial score (nSPS) is 22.8. The van der Waals surface area contributed by atoms with Crippen LogP contribution in [0.3, 0.4) is 0 Å². The van der Waals surface area contributed by atoms with Gasteiger partial charge in [0.1, 0.15) is 43.2 Å². The summed E-state index contributed by atoms with van der Waals surface area (Å²) in [5.41, 5.74) is 0. The lowest BCUT2D eigenvalue weighted by molar-refractivity contribution is -0.220. The van der Waals surface area contributed by atoms with Crippen LogP contribution in [-0.4, -0.2) is 98.3 Å². The largest absolute Gasteiger partial charge is 0.472 e. The Balaban J connectivity index is 2.46. The van der Waals surface area contributed by atoms with Crippen LogP contribution in [0.1, 0.15) is 200 Å². The molecule has 0 aromatic carbocycles. The van der Waals surface area contributed by atoms with Crippen LogP contribution < -0.4 is 0 Å². The molecule has 0 saturated heterocycles. The Labute approximate surface area is 338 Å². The van der Waals surface area contributed by atoms with E-state index in [1.165, 1.54) is 122 Å². The molecular weight excluding hydrogens is 743 g/mol. The summed E-state index contributed by atoms with van der Waals surface area (Å²) in [5, 5.41) is 50.0. The van der Waals surface area contributed by atoms with Crippen molar-refractivity contribution < 1.29 is 63.1 Å². The topological polar surface area (TPSA) is 210 Å². The van der Waals surface area contributed by atoms with Crippen LogP contribution in [0.2, 0.25) is 0 Å². The molecular formula is C42H81O13P. The summed E-state index contributed by atoms with van der Waals surface area (Å²) in [4.78, 5) is 35.6. The molecule has 1 aliphatic rings. The maximum Gasteiger partial charge on any atom is 0.472 e. The minimum Gasteiger partial charge on any atom is -0.462 e. The number of phosphoric acid groups is 1. The summed E-state index contributed by atoms with van der Waals surface area (Å²) in [6.45, 7) is 3.30. The molecule has 0 radical (unpaired) electrons. The molecule has 332 valence electrons. The summed E-state index contributed by atoms with van der Waals surface area (Å²) in [5.74, 6) is -1.09. The molecule has 1 aliphatic carbocycles. The molecule has 56 heavy (non-hydrogen) atoms. The molecule has 0 aromatic heterocycles. The Morgan fingerprint density at radius 2 is 0.804 bits per heavy atom. The third kappa shape index (κ3) is 26.1. The van der Waals surface area contributed by atoms with Gasteiger partial charge >= 0.3 is 19.8 Å². The zero-order chi connectivity index (χ0) is 41.4. The van der Waals surface area contributed by atoms with E-state index in [0.717, 1.165) is 38.5 Å². The van der Waals surface area contributed by atoms with E-state index in [9.17, 15) is 44.6 Å². The number of esters is 2. The van der Waals surface area contributed by atoms with Crippen molar-refractivity contribution >= 4 is 19.8 Å². The average molecular weight is 825 g/mol. The van der Waals surface area contributed by atoms with E-state index in [0.29, 0.717) is 12.8 Å². The van der Waals surface area contributed by atoms with E-state index in [1.54, 1.807) is 0 Å². The fourth-order valence-corrected chi connectivity index (χ4v) is 8.03. The SMILES string of the molecule is CCCCCCCCCCCCCCCCCCC(=O)OC(COC(=O)CCCCCCCCCCCCC)COP(=O)(O)OC1C(O)C(O)C(O)C(O)C1O. The van der Waals surface area contributed by atoms with Crippen LogP contribution in [0, 0.1) is 0 Å². The number of carbonyl (C=O) groups is 2. The molecule has 13 nitrogen and oxygen atoms in total. The van der Waals surface area contributed by atoms with Crippen LogP contribution >= 0.6 is 7.82 Å². The quantitative estimate of drug-likeness (QED) is 0.0199. The number of unbranched alkanes of at least 4 members (excludes halogenated alkanes) is 25. The molecule has 0 bridgehead atoms. The number of hydrogen-bond donors (Lipinski definition) is 6. The maximum absolute atomic E-state index is 12.8. The highest BCUT2D eigenvalue weighted by Gasteiger charge is 2.51. The Morgan fingerprint density at radius 1 is 0.482 bits per heavy atom. The molecule has 0 aromatic rings. The van der Waals surface area contributed by atoms with E-state index < -0.39 is 75.7 Å². The third-order valence-corrected chi connectivity index (χ3v) is 11.7. The molecule has 0 aliphatic heterocycles. The number of rotatable bonds is 37. The van der Waals surface area contributed by atoms with E-state index in [2.05, 4.69) is 13.8 Å². The molecule has 6 atom stereocenters. The Hall–Kier alpha value is -1.15. The lowest BCUT2D eigenvalue weighted by Gasteiger charge is -2.41. The van der Waals surface area contributed by atoms with Crippen LogP contribution in [0.25, 0.3) is 0 Å². The van der Waals surface area contributed by atoms with E-state index >= 15 is 0 Å². The van der Waals surface area contributed by atoms with Gasteiger partial charge in [0.05, 0.1) is 6.61 Å². The Bertz CT molecular complexity index is 1000. The number of carbonyl (C=O) groups excluding carboxylic acids is 2. The first-order chi connectivity index (χ1) is 26.9. The van der Waals surface area contributed by atoms with Crippen molar-refractivity contribution in [2.75, 3.05) is 13.2 Å². The third-order valence-electron chi connectivity index (χ3n) is 10.7. The molecule has 1 fully saturated rings. The Morgan fingerprint density at radius 3 is 1.18 bits per heavy atom. The van der Waals surface area contributed by atoms with Crippen molar-refractivity contribution in [3.05, 3.63) is 0 Å². The monoisotopic (exact) mass is 825 g/mol. The first-order valence-corrected chi connectivity index (χ1v) is 23.8. The maximum atomic E-state index is 12.8. The second kappa shape index (κ2) is 33.7. The lowest BCUT2D eigenvalue weighted by Crippen LogP contribution is -2.64. The smallest absolute Gasteiger partial charge is 0.462 e. The van der Waals surface area contributed by atoms with Gasteiger partial charge in [0.15, 0.2) is 6.10 Å². The zero-order valence-corrected chi connectivity index (χ0v) is 35.8. The molecule has 0 amide bonds. The van der Waals surface area contributed by atoms with Gasteiger partial charge in [-0.2, -0.15) is 0 Å². The molecule has 1 rings (SSSR count). The molecule has 6 N–H and O–H groups in total. The highest BCUT2D eigenvalue weighted by Crippen LogP contribution is 2.47. The predicted molar refractivity (Wildman–Crippen MR) is 217 cm³/mol. The van der Waals surface area contributed by atoms with Crippen molar-refractivity contribution in [3.63, 3.8) is 0 Å². The van der Waals surface area contributed by atoms with E-state index in [-0.39, 0.29) is 12.8 Å². The van der Waals surface area contributed by atoms with Crippen LogP contribution in [0.15, 0.2) is 0 Å². The Kier molecular flexibility index (Phi) is 31.8. The standard InChI is InChI=1S/C42H81O13P/c1-3-5-7-9-11-13-15-16-17-18-19-21-23-25-27-29-31-36(44)54-34(32-52-35(43)30-28-26-24-22-20-14-12-10-8-6-4-2)33-53-56(50,51)55-42-40(48)38(46)37(45)39(47)41(42)49/h34,37-42,45-49H,3-33H2,1-2H3,(H,50,51). The van der Waals surface area contributed by atoms with Gasteiger partial charge < -0.3 is 39.9 Å². The van der Waals surface area contributed by atoms with Crippen molar-refractivity contribution in [3.8, 4) is 0 Å². The first kappa shape index (κ1) is 52.9. The van der Waals surface area contributed by atoms with Crippen LogP contribution in [0.5, 0.6) is 0 Å². The van der Waals surface area contributed by atoms with Gasteiger partial charge in [-0.3, -0.25) is 18.6 Å². The van der Waals surface area contributed by atoms with Crippen molar-refractivity contribution in [1.82, 2.24) is 0 Å². The lowest BCUT2D eigenvalue weighted by atomic mass is 9.85. The van der Waals surface area contributed by atoms with Gasteiger partial charge in [-0.15, -0.1) is 0 Å². The summed E-state index contributed by atoms with van der Waals surface area (Å²) >= 11 is 0. The second-order valence-corrected chi connectivity index (χ2v) is 17.3. The molecule has 14 heteroatoms. The highest BCUT2D eigenvalue weighted by atomic mass is 31.2. The fraction of sp³-hybridized carbons (Fsp3) is 0.952. The van der Waals surface area contributed by atoms with Gasteiger partial charge in [0.25, 0.3) is 0 Å². The summed E-state index contributed by atoms with van der Waals surface area (Å²) in [6, 6.07) is 0. The fourth-order valence-electron chi connectivity index (χ4n) is 7.05. The molecule has 1 saturated carbocycles. The second-order valence-electron chi connectivity index (χ2n) is 15.9. The van der Waals surface area contributed by atoms with Gasteiger partial charge in [0, 0.05) is 12.8 Å². The summed E-state index contributed by atoms with van der Waals surface area (Å²) in [6.07, 6.45) is 18.8. The number of hydrogen-bond acceptors (Lipinski definition) is 12. The van der Waals surface area contributed by atoms with Gasteiger partial charge in [0.2, 0.25) is 0 Å². The first-order valence-electron chi connectivity index (χ1n) is 22.3. The van der Waals surface area contributed by atoms with Gasteiger partial charge in [-0.25, -0.2) is 4.57 Å². The minimum absolute atomic E-state index is 0.105. The molecule has 0 spiro atoms. The minimum atomic E-state index is -5.10. The number of ether oxygens (including phenoxy) is 2. The van der Waals surface area contributed by atoms with Crippen molar-refractivity contribution in [2.45, 2.75) is 243 Å². The van der Waals surface area contributed by atoms with Gasteiger partial charge in [-0.1, -0.05) is 174 Å².